The topological polar surface area (TPSA) is 0 Å². The van der Waals surface area contributed by atoms with Gasteiger partial charge in [0.25, 0.3) is 0 Å². The highest BCUT2D eigenvalue weighted by Gasteiger charge is 1.79. The van der Waals surface area contributed by atoms with Crippen molar-refractivity contribution in [2.45, 2.75) is 0 Å². The first-order valence-electron chi connectivity index (χ1n) is 3.41. The molecule has 56 valence electrons. The summed E-state index contributed by atoms with van der Waals surface area (Å²) in [5, 5.41) is 3.82. The summed E-state index contributed by atoms with van der Waals surface area (Å²) < 4.78 is 0. The Morgan fingerprint density at radius 2 is 1.91 bits per heavy atom. The fourth-order valence-corrected chi connectivity index (χ4v) is 1.08. The Hall–Kier alpha value is -0.950. The van der Waals surface area contributed by atoms with Crippen molar-refractivity contribution in [3.63, 3.8) is 0 Å². The summed E-state index contributed by atoms with van der Waals surface area (Å²) in [6, 6.07) is 10.2. The van der Waals surface area contributed by atoms with Crippen LogP contribution in [0.4, 0.5) is 0 Å². The van der Waals surface area contributed by atoms with Gasteiger partial charge in [-0.25, -0.2) is 0 Å². The van der Waals surface area contributed by atoms with E-state index in [2.05, 4.69) is 24.8 Å². The molecule has 0 bridgehead atoms. The van der Waals surface area contributed by atoms with E-state index in [1.807, 2.05) is 23.6 Å². The zero-order valence-electron chi connectivity index (χ0n) is 6.23. The fourth-order valence-electron chi connectivity index (χ4n) is 0.738. The smallest absolute Gasteiger partial charge is 0.0242 e. The van der Waals surface area contributed by atoms with Gasteiger partial charge in [0.1, 0.15) is 0 Å². The van der Waals surface area contributed by atoms with Gasteiger partial charge < -0.3 is 0 Å². The predicted octanol–water partition coefficient (Wildman–Crippen LogP) is 3.53. The van der Waals surface area contributed by atoms with Crippen molar-refractivity contribution in [3.05, 3.63) is 53.3 Å². The summed E-state index contributed by atoms with van der Waals surface area (Å²) in [6.07, 6.45) is 2.06. The van der Waals surface area contributed by atoms with Crippen LogP contribution in [0.5, 0.6) is 0 Å². The maximum absolute atomic E-state index is 3.60. The van der Waals surface area contributed by atoms with Crippen LogP contribution < -0.4 is 0 Å². The lowest BCUT2D eigenvalue weighted by atomic mass is 10.2. The molecule has 0 amide bonds. The molecule has 0 saturated heterocycles. The third-order valence-electron chi connectivity index (χ3n) is 1.23. The highest BCUT2D eigenvalue weighted by atomic mass is 32.2. The van der Waals surface area contributed by atoms with Gasteiger partial charge in [0.05, 0.1) is 0 Å². The van der Waals surface area contributed by atoms with E-state index in [1.165, 1.54) is 5.56 Å². The third-order valence-corrected chi connectivity index (χ3v) is 1.72. The molecular formula is C10H10S. The molecule has 0 aromatic heterocycles. The lowest BCUT2D eigenvalue weighted by Crippen LogP contribution is -1.65. The summed E-state index contributed by atoms with van der Waals surface area (Å²) in [6.45, 7) is 3.60. The van der Waals surface area contributed by atoms with Crippen LogP contribution in [0.2, 0.25) is 0 Å². The molecule has 0 saturated carbocycles. The molecule has 1 heteroatoms. The Bertz CT molecular complexity index is 236. The molecule has 0 nitrogen and oxygen atoms in total. The Balaban J connectivity index is 2.57. The fraction of sp³-hybridized carbons (Fsp3) is 0. The molecule has 0 N–H and O–H groups in total. The summed E-state index contributed by atoms with van der Waals surface area (Å²) in [4.78, 5) is 0. The molecular weight excluding hydrogens is 152 g/mol. The predicted molar refractivity (Wildman–Crippen MR) is 53.3 cm³/mol. The summed E-state index contributed by atoms with van der Waals surface area (Å²) in [5.74, 6) is 0. The summed E-state index contributed by atoms with van der Waals surface area (Å²) >= 11 is 1.59. The molecule has 0 atom stereocenters. The van der Waals surface area contributed by atoms with Crippen molar-refractivity contribution in [2.75, 3.05) is 0 Å². The average Bonchev–Trinajstić information content (AvgIpc) is 2.07. The van der Waals surface area contributed by atoms with Crippen molar-refractivity contribution < 1.29 is 0 Å². The maximum atomic E-state index is 3.60. The van der Waals surface area contributed by atoms with Crippen molar-refractivity contribution in [3.8, 4) is 0 Å². The van der Waals surface area contributed by atoms with E-state index in [0.717, 1.165) is 0 Å². The van der Waals surface area contributed by atoms with Crippen LogP contribution in [0.25, 0.3) is 6.08 Å². The van der Waals surface area contributed by atoms with Gasteiger partial charge in [0.15, 0.2) is 0 Å². The first kappa shape index (κ1) is 8.15. The minimum Gasteiger partial charge on any atom is -0.107 e. The number of hydrogen-bond acceptors (Lipinski definition) is 1. The number of thioether (sulfide) groups is 1. The van der Waals surface area contributed by atoms with Crippen LogP contribution in [0, 0.1) is 0 Å². The number of rotatable bonds is 3. The van der Waals surface area contributed by atoms with E-state index < -0.39 is 0 Å². The van der Waals surface area contributed by atoms with Crippen LogP contribution in [0.3, 0.4) is 0 Å². The lowest BCUT2D eigenvalue weighted by Gasteiger charge is -1.88. The first-order valence-corrected chi connectivity index (χ1v) is 4.36. The maximum Gasteiger partial charge on any atom is -0.0242 e. The molecule has 0 spiro atoms. The van der Waals surface area contributed by atoms with E-state index in [1.54, 1.807) is 17.2 Å². The average molecular weight is 162 g/mol. The van der Waals surface area contributed by atoms with E-state index in [0.29, 0.717) is 0 Å². The van der Waals surface area contributed by atoms with Crippen LogP contribution in [-0.4, -0.2) is 0 Å². The van der Waals surface area contributed by atoms with Crippen molar-refractivity contribution >= 4 is 17.8 Å². The lowest BCUT2D eigenvalue weighted by molar-refractivity contribution is 1.67. The normalized spacial score (nSPS) is 10.2. The van der Waals surface area contributed by atoms with E-state index in [4.69, 9.17) is 0 Å². The number of hydrogen-bond donors (Lipinski definition) is 0. The first-order chi connectivity index (χ1) is 5.43. The molecule has 0 heterocycles. The standard InChI is InChI=1S/C10H10S/c1-2-11-9-8-10-6-4-3-5-7-10/h2-9H,1H2/b9-8+. The summed E-state index contributed by atoms with van der Waals surface area (Å²) in [5.41, 5.74) is 1.22. The molecule has 0 aliphatic carbocycles. The molecule has 1 rings (SSSR count). The Kier molecular flexibility index (Phi) is 3.56. The largest absolute Gasteiger partial charge is 0.107 e. The van der Waals surface area contributed by atoms with E-state index >= 15 is 0 Å². The van der Waals surface area contributed by atoms with Crippen LogP contribution in [-0.2, 0) is 0 Å². The van der Waals surface area contributed by atoms with Gasteiger partial charge in [-0.05, 0) is 22.5 Å². The molecule has 1 aromatic carbocycles. The molecule has 0 aliphatic heterocycles. The Labute approximate surface area is 71.6 Å². The Morgan fingerprint density at radius 3 is 2.55 bits per heavy atom. The zero-order valence-corrected chi connectivity index (χ0v) is 7.05. The molecule has 11 heavy (non-hydrogen) atoms. The molecule has 0 unspecified atom stereocenters. The zero-order chi connectivity index (χ0) is 7.94. The minimum atomic E-state index is 1.22. The highest BCUT2D eigenvalue weighted by molar-refractivity contribution is 8.05. The van der Waals surface area contributed by atoms with Crippen molar-refractivity contribution in [1.82, 2.24) is 0 Å². The van der Waals surface area contributed by atoms with Crippen LogP contribution >= 0.6 is 11.8 Å². The quantitative estimate of drug-likeness (QED) is 0.655. The molecule has 1 aromatic rings. The van der Waals surface area contributed by atoms with Crippen LogP contribution in [0.15, 0.2) is 47.7 Å². The molecule has 0 radical (unpaired) electrons. The SMILES string of the molecule is C=CS/C=C/c1ccccc1. The number of benzene rings is 1. The van der Waals surface area contributed by atoms with Gasteiger partial charge in [-0.2, -0.15) is 0 Å². The molecule has 0 aliphatic rings. The van der Waals surface area contributed by atoms with Crippen molar-refractivity contribution in [2.24, 2.45) is 0 Å². The minimum absolute atomic E-state index is 1.22. The van der Waals surface area contributed by atoms with E-state index in [-0.39, 0.29) is 0 Å². The highest BCUT2D eigenvalue weighted by Crippen LogP contribution is 2.07. The van der Waals surface area contributed by atoms with E-state index in [9.17, 15) is 0 Å². The second-order valence-electron chi connectivity index (χ2n) is 2.02. The molecule has 0 fully saturated rings. The summed E-state index contributed by atoms with van der Waals surface area (Å²) in [7, 11) is 0. The monoisotopic (exact) mass is 162 g/mol. The van der Waals surface area contributed by atoms with Crippen LogP contribution in [0.1, 0.15) is 5.56 Å². The van der Waals surface area contributed by atoms with Gasteiger partial charge in [0, 0.05) is 0 Å². The van der Waals surface area contributed by atoms with Gasteiger partial charge in [-0.1, -0.05) is 36.9 Å². The van der Waals surface area contributed by atoms with Crippen molar-refractivity contribution in [1.29, 1.82) is 0 Å². The third kappa shape index (κ3) is 3.10. The van der Waals surface area contributed by atoms with Gasteiger partial charge in [-0.15, -0.1) is 11.8 Å². The second kappa shape index (κ2) is 4.80. The van der Waals surface area contributed by atoms with Gasteiger partial charge in [0.2, 0.25) is 0 Å². The Morgan fingerprint density at radius 1 is 1.18 bits per heavy atom. The van der Waals surface area contributed by atoms with Gasteiger partial charge in [-0.3, -0.25) is 0 Å². The second-order valence-corrected chi connectivity index (χ2v) is 2.89. The van der Waals surface area contributed by atoms with Gasteiger partial charge >= 0.3 is 0 Å².